The van der Waals surface area contributed by atoms with Gasteiger partial charge in [0.1, 0.15) is 0 Å². The number of piperidine rings is 1. The van der Waals surface area contributed by atoms with Gasteiger partial charge in [-0.25, -0.2) is 0 Å². The summed E-state index contributed by atoms with van der Waals surface area (Å²) < 4.78 is 0. The van der Waals surface area contributed by atoms with Crippen LogP contribution in [0.1, 0.15) is 42.5 Å². The molecular weight excluding hydrogens is 260 g/mol. The van der Waals surface area contributed by atoms with Crippen LogP contribution in [0.25, 0.3) is 0 Å². The zero-order valence-electron chi connectivity index (χ0n) is 10.9. The Kier molecular flexibility index (Phi) is 3.40. The molecule has 1 aliphatic carbocycles. The number of benzene rings is 1. The number of hydrogen-bond donors (Lipinski definition) is 1. The Labute approximate surface area is 118 Å². The van der Waals surface area contributed by atoms with Crippen LogP contribution in [0.3, 0.4) is 0 Å². The quantitative estimate of drug-likeness (QED) is 0.801. The first kappa shape index (κ1) is 12.8. The number of halogens is 1. The van der Waals surface area contributed by atoms with Gasteiger partial charge in [0.25, 0.3) is 5.91 Å². The van der Waals surface area contributed by atoms with Crippen molar-refractivity contribution in [3.8, 4) is 0 Å². The van der Waals surface area contributed by atoms with Crippen molar-refractivity contribution in [1.29, 1.82) is 0 Å². The molecule has 1 heterocycles. The molecule has 2 unspecified atom stereocenters. The van der Waals surface area contributed by atoms with E-state index in [0.29, 0.717) is 28.2 Å². The maximum absolute atomic E-state index is 12.7. The van der Waals surface area contributed by atoms with E-state index in [1.165, 1.54) is 19.3 Å². The molecule has 3 nitrogen and oxygen atoms in total. The largest absolute Gasteiger partial charge is 0.398 e. The zero-order chi connectivity index (χ0) is 13.4. The molecule has 2 atom stereocenters. The van der Waals surface area contributed by atoms with Crippen LogP contribution in [0, 0.1) is 5.92 Å². The van der Waals surface area contributed by atoms with Crippen molar-refractivity contribution in [1.82, 2.24) is 4.90 Å². The minimum Gasteiger partial charge on any atom is -0.398 e. The molecule has 1 aromatic carbocycles. The molecule has 1 saturated carbocycles. The molecule has 1 aromatic rings. The van der Waals surface area contributed by atoms with E-state index in [1.54, 1.807) is 18.2 Å². The highest BCUT2D eigenvalue weighted by Crippen LogP contribution is 2.37. The number of fused-ring (bicyclic) bond motifs is 1. The summed E-state index contributed by atoms with van der Waals surface area (Å²) in [6, 6.07) is 5.57. The van der Waals surface area contributed by atoms with E-state index in [1.807, 2.05) is 4.90 Å². The van der Waals surface area contributed by atoms with Gasteiger partial charge in [-0.05, 0) is 49.8 Å². The summed E-state index contributed by atoms with van der Waals surface area (Å²) in [5.41, 5.74) is 7.01. The van der Waals surface area contributed by atoms with Crippen LogP contribution in [0.4, 0.5) is 5.69 Å². The second-order valence-corrected chi connectivity index (χ2v) is 6.07. The Morgan fingerprint density at radius 1 is 1.26 bits per heavy atom. The Morgan fingerprint density at radius 3 is 2.84 bits per heavy atom. The Morgan fingerprint density at radius 2 is 2.05 bits per heavy atom. The highest BCUT2D eigenvalue weighted by molar-refractivity contribution is 6.31. The van der Waals surface area contributed by atoms with Gasteiger partial charge in [-0.2, -0.15) is 0 Å². The van der Waals surface area contributed by atoms with Crippen LogP contribution in [0.5, 0.6) is 0 Å². The second-order valence-electron chi connectivity index (χ2n) is 5.63. The molecule has 102 valence electrons. The molecule has 2 N–H and O–H groups in total. The summed E-state index contributed by atoms with van der Waals surface area (Å²) in [6.07, 6.45) is 6.04. The number of carbonyl (C=O) groups is 1. The first-order valence-corrected chi connectivity index (χ1v) is 7.40. The topological polar surface area (TPSA) is 46.3 Å². The van der Waals surface area contributed by atoms with E-state index >= 15 is 0 Å². The maximum atomic E-state index is 12.7. The predicted octanol–water partition coefficient (Wildman–Crippen LogP) is 3.33. The summed E-state index contributed by atoms with van der Waals surface area (Å²) in [7, 11) is 0. The average Bonchev–Trinajstić information content (AvgIpc) is 2.86. The van der Waals surface area contributed by atoms with Gasteiger partial charge in [0, 0.05) is 23.3 Å². The fourth-order valence-electron chi connectivity index (χ4n) is 3.59. The highest BCUT2D eigenvalue weighted by Gasteiger charge is 2.37. The van der Waals surface area contributed by atoms with Crippen LogP contribution < -0.4 is 5.73 Å². The monoisotopic (exact) mass is 278 g/mol. The number of likely N-dealkylation sites (tertiary alicyclic amines) is 1. The molecule has 2 aliphatic rings. The van der Waals surface area contributed by atoms with E-state index in [2.05, 4.69) is 0 Å². The lowest BCUT2D eigenvalue weighted by molar-refractivity contribution is 0.0549. The molecule has 0 aromatic heterocycles. The summed E-state index contributed by atoms with van der Waals surface area (Å²) in [4.78, 5) is 14.7. The predicted molar refractivity (Wildman–Crippen MR) is 77.3 cm³/mol. The number of anilines is 1. The number of nitrogen functional groups attached to an aromatic ring is 1. The zero-order valence-corrected chi connectivity index (χ0v) is 11.7. The van der Waals surface area contributed by atoms with Crippen LogP contribution in [-0.4, -0.2) is 23.4 Å². The first-order chi connectivity index (χ1) is 9.16. The van der Waals surface area contributed by atoms with Gasteiger partial charge in [-0.15, -0.1) is 0 Å². The SMILES string of the molecule is Nc1cc(Cl)ccc1C(=O)N1CCCC2CCCC21. The van der Waals surface area contributed by atoms with Gasteiger partial charge in [0.2, 0.25) is 0 Å². The Hall–Kier alpha value is -1.22. The van der Waals surface area contributed by atoms with Crippen molar-refractivity contribution in [2.45, 2.75) is 38.1 Å². The molecule has 2 fully saturated rings. The number of amides is 1. The number of carbonyl (C=O) groups excluding carboxylic acids is 1. The minimum atomic E-state index is 0.0748. The molecule has 0 spiro atoms. The maximum Gasteiger partial charge on any atom is 0.256 e. The van der Waals surface area contributed by atoms with Crippen molar-refractivity contribution < 1.29 is 4.79 Å². The number of nitrogens with zero attached hydrogens (tertiary/aromatic N) is 1. The lowest BCUT2D eigenvalue weighted by Gasteiger charge is -2.38. The van der Waals surface area contributed by atoms with Crippen molar-refractivity contribution in [3.63, 3.8) is 0 Å². The van der Waals surface area contributed by atoms with E-state index in [-0.39, 0.29) is 5.91 Å². The second kappa shape index (κ2) is 5.04. The lowest BCUT2D eigenvalue weighted by Crippen LogP contribution is -2.46. The van der Waals surface area contributed by atoms with Gasteiger partial charge >= 0.3 is 0 Å². The highest BCUT2D eigenvalue weighted by atomic mass is 35.5. The third kappa shape index (κ3) is 2.32. The summed E-state index contributed by atoms with van der Waals surface area (Å²) in [5, 5.41) is 0.575. The van der Waals surface area contributed by atoms with E-state index < -0.39 is 0 Å². The van der Waals surface area contributed by atoms with Crippen molar-refractivity contribution in [2.75, 3.05) is 12.3 Å². The molecule has 1 amide bonds. The van der Waals surface area contributed by atoms with E-state index in [4.69, 9.17) is 17.3 Å². The van der Waals surface area contributed by atoms with Crippen LogP contribution in [-0.2, 0) is 0 Å². The minimum absolute atomic E-state index is 0.0748. The molecule has 0 radical (unpaired) electrons. The fourth-order valence-corrected chi connectivity index (χ4v) is 3.77. The van der Waals surface area contributed by atoms with Gasteiger partial charge in [-0.1, -0.05) is 18.0 Å². The fraction of sp³-hybridized carbons (Fsp3) is 0.533. The van der Waals surface area contributed by atoms with Crippen LogP contribution in [0.2, 0.25) is 5.02 Å². The summed E-state index contributed by atoms with van der Waals surface area (Å²) in [5.74, 6) is 0.775. The summed E-state index contributed by atoms with van der Waals surface area (Å²) >= 11 is 5.89. The molecule has 4 heteroatoms. The number of rotatable bonds is 1. The molecular formula is C15H19ClN2O. The lowest BCUT2D eigenvalue weighted by atomic mass is 9.91. The number of hydrogen-bond acceptors (Lipinski definition) is 2. The van der Waals surface area contributed by atoms with Crippen molar-refractivity contribution in [2.24, 2.45) is 5.92 Å². The molecule has 19 heavy (non-hydrogen) atoms. The van der Waals surface area contributed by atoms with E-state index in [0.717, 1.165) is 19.4 Å². The molecule has 1 saturated heterocycles. The summed E-state index contributed by atoms with van der Waals surface area (Å²) in [6.45, 7) is 0.863. The van der Waals surface area contributed by atoms with Gasteiger partial charge < -0.3 is 10.6 Å². The first-order valence-electron chi connectivity index (χ1n) is 7.03. The smallest absolute Gasteiger partial charge is 0.256 e. The normalized spacial score (nSPS) is 26.3. The van der Waals surface area contributed by atoms with Crippen molar-refractivity contribution >= 4 is 23.2 Å². The third-order valence-corrected chi connectivity index (χ3v) is 4.73. The Balaban J connectivity index is 1.86. The average molecular weight is 279 g/mol. The standard InChI is InChI=1S/C15H19ClN2O/c16-11-6-7-12(13(17)9-11)15(19)18-8-2-4-10-3-1-5-14(10)18/h6-7,9-10,14H,1-5,8,17H2. The number of nitrogens with two attached hydrogens (primary N) is 1. The Bertz CT molecular complexity index is 503. The van der Waals surface area contributed by atoms with Gasteiger partial charge in [-0.3, -0.25) is 4.79 Å². The van der Waals surface area contributed by atoms with Gasteiger partial charge in [0.05, 0.1) is 5.56 Å². The molecule has 3 rings (SSSR count). The van der Waals surface area contributed by atoms with Crippen molar-refractivity contribution in [3.05, 3.63) is 28.8 Å². The van der Waals surface area contributed by atoms with Gasteiger partial charge in [0.15, 0.2) is 0 Å². The molecule has 0 bridgehead atoms. The van der Waals surface area contributed by atoms with Crippen LogP contribution >= 0.6 is 11.6 Å². The molecule has 1 aliphatic heterocycles. The third-order valence-electron chi connectivity index (χ3n) is 4.50. The van der Waals surface area contributed by atoms with E-state index in [9.17, 15) is 4.79 Å². The van der Waals surface area contributed by atoms with Crippen LogP contribution in [0.15, 0.2) is 18.2 Å².